The highest BCUT2D eigenvalue weighted by molar-refractivity contribution is 6.11. The largest absolute Gasteiger partial charge is 0.487 e. The first-order chi connectivity index (χ1) is 13.6. The first-order valence-electron chi connectivity index (χ1n) is 8.85. The lowest BCUT2D eigenvalue weighted by atomic mass is 10.1. The maximum absolute atomic E-state index is 13.8. The van der Waals surface area contributed by atoms with Gasteiger partial charge in [0.05, 0.1) is 29.4 Å². The fourth-order valence-electron chi connectivity index (χ4n) is 3.24. The van der Waals surface area contributed by atoms with Gasteiger partial charge in [0.15, 0.2) is 0 Å². The number of halogens is 2. The number of pyridine rings is 1. The van der Waals surface area contributed by atoms with Gasteiger partial charge in [0, 0.05) is 10.9 Å². The van der Waals surface area contributed by atoms with E-state index < -0.39 is 17.6 Å². The fraction of sp³-hybridized carbons (Fsp3) is 0.136. The molecule has 4 rings (SSSR count). The van der Waals surface area contributed by atoms with Gasteiger partial charge in [-0.25, -0.2) is 13.6 Å². The van der Waals surface area contributed by atoms with Crippen LogP contribution < -0.4 is 4.74 Å². The van der Waals surface area contributed by atoms with Crippen molar-refractivity contribution in [3.63, 3.8) is 0 Å². The monoisotopic (exact) mass is 381 g/mol. The van der Waals surface area contributed by atoms with Gasteiger partial charge in [0.1, 0.15) is 24.0 Å². The summed E-state index contributed by atoms with van der Waals surface area (Å²) in [4.78, 5) is 12.5. The van der Waals surface area contributed by atoms with E-state index in [2.05, 4.69) is 0 Å². The highest BCUT2D eigenvalue weighted by atomic mass is 19.1. The number of hydrogen-bond acceptors (Lipinski definition) is 3. The molecule has 4 nitrogen and oxygen atoms in total. The van der Waals surface area contributed by atoms with Crippen LogP contribution in [-0.2, 0) is 11.3 Å². The van der Waals surface area contributed by atoms with Crippen molar-refractivity contribution in [3.8, 4) is 5.75 Å². The molecule has 0 N–H and O–H groups in total. The number of rotatable bonds is 5. The molecule has 0 saturated heterocycles. The molecule has 0 bridgehead atoms. The van der Waals surface area contributed by atoms with Crippen LogP contribution in [0.15, 0.2) is 60.8 Å². The van der Waals surface area contributed by atoms with Gasteiger partial charge < -0.3 is 13.9 Å². The van der Waals surface area contributed by atoms with E-state index in [-0.39, 0.29) is 18.8 Å². The van der Waals surface area contributed by atoms with E-state index in [1.807, 2.05) is 28.7 Å². The molecule has 2 aromatic heterocycles. The lowest BCUT2D eigenvalue weighted by Crippen LogP contribution is -2.04. The molecule has 0 amide bonds. The van der Waals surface area contributed by atoms with Crippen LogP contribution in [0.2, 0.25) is 0 Å². The molecule has 28 heavy (non-hydrogen) atoms. The van der Waals surface area contributed by atoms with Crippen molar-refractivity contribution in [2.45, 2.75) is 13.5 Å². The van der Waals surface area contributed by atoms with E-state index in [0.29, 0.717) is 16.8 Å². The predicted octanol–water partition coefficient (Wildman–Crippen LogP) is 5.13. The third-order valence-electron chi connectivity index (χ3n) is 4.49. The van der Waals surface area contributed by atoms with E-state index in [1.54, 1.807) is 25.3 Å². The van der Waals surface area contributed by atoms with Crippen molar-refractivity contribution in [2.24, 2.45) is 0 Å². The van der Waals surface area contributed by atoms with Crippen LogP contribution in [0.25, 0.3) is 16.4 Å². The summed E-state index contributed by atoms with van der Waals surface area (Å²) in [6.07, 6.45) is 1.72. The van der Waals surface area contributed by atoms with Gasteiger partial charge in [0.2, 0.25) is 0 Å². The number of esters is 1. The zero-order valence-corrected chi connectivity index (χ0v) is 15.1. The first-order valence-corrected chi connectivity index (χ1v) is 8.85. The van der Waals surface area contributed by atoms with E-state index in [4.69, 9.17) is 9.47 Å². The van der Waals surface area contributed by atoms with Crippen molar-refractivity contribution in [1.29, 1.82) is 0 Å². The normalized spacial score (nSPS) is 11.1. The van der Waals surface area contributed by atoms with Crippen LogP contribution in [0, 0.1) is 11.6 Å². The molecule has 2 aromatic carbocycles. The van der Waals surface area contributed by atoms with Gasteiger partial charge in [0.25, 0.3) is 0 Å². The number of aromatic nitrogens is 1. The lowest BCUT2D eigenvalue weighted by molar-refractivity contribution is 0.0531. The van der Waals surface area contributed by atoms with Crippen molar-refractivity contribution in [2.75, 3.05) is 6.61 Å². The Morgan fingerprint density at radius 2 is 1.86 bits per heavy atom. The molecular weight excluding hydrogens is 364 g/mol. The Labute approximate surface area is 159 Å². The molecule has 4 aromatic rings. The van der Waals surface area contributed by atoms with Crippen LogP contribution in [0.5, 0.6) is 5.75 Å². The summed E-state index contributed by atoms with van der Waals surface area (Å²) in [5.74, 6) is -0.978. The summed E-state index contributed by atoms with van der Waals surface area (Å²) in [6, 6.07) is 14.2. The Balaban J connectivity index is 1.74. The summed E-state index contributed by atoms with van der Waals surface area (Å²) >= 11 is 0. The molecule has 0 saturated carbocycles. The number of nitrogens with zero attached hydrogens (tertiary/aromatic N) is 1. The molecule has 0 fully saturated rings. The first kappa shape index (κ1) is 18.0. The number of ether oxygens (including phenoxy) is 2. The van der Waals surface area contributed by atoms with E-state index in [1.165, 1.54) is 0 Å². The lowest BCUT2D eigenvalue weighted by Gasteiger charge is -2.09. The molecule has 0 radical (unpaired) electrons. The van der Waals surface area contributed by atoms with Gasteiger partial charge in [-0.15, -0.1) is 0 Å². The summed E-state index contributed by atoms with van der Waals surface area (Å²) in [5, 5.41) is 0.772. The number of hydrogen-bond donors (Lipinski definition) is 0. The molecule has 6 heteroatoms. The average molecular weight is 381 g/mol. The molecule has 0 atom stereocenters. The summed E-state index contributed by atoms with van der Waals surface area (Å²) in [7, 11) is 0. The number of benzene rings is 2. The Kier molecular flexibility index (Phi) is 4.69. The maximum atomic E-state index is 13.8. The minimum atomic E-state index is -0.529. The Hall–Kier alpha value is -3.41. The van der Waals surface area contributed by atoms with Crippen molar-refractivity contribution in [1.82, 2.24) is 4.40 Å². The topological polar surface area (TPSA) is 39.9 Å². The summed E-state index contributed by atoms with van der Waals surface area (Å²) in [5.41, 5.74) is 2.12. The summed E-state index contributed by atoms with van der Waals surface area (Å²) < 4.78 is 39.8. The Morgan fingerprint density at radius 3 is 2.68 bits per heavy atom. The zero-order valence-electron chi connectivity index (χ0n) is 15.1. The van der Waals surface area contributed by atoms with Crippen LogP contribution in [0.4, 0.5) is 8.78 Å². The van der Waals surface area contributed by atoms with Crippen molar-refractivity contribution in [3.05, 3.63) is 83.6 Å². The minimum absolute atomic E-state index is 0.112. The maximum Gasteiger partial charge on any atom is 0.340 e. The smallest absolute Gasteiger partial charge is 0.340 e. The molecule has 0 aliphatic carbocycles. The second kappa shape index (κ2) is 7.31. The molecule has 2 heterocycles. The highest BCUT2D eigenvalue weighted by Gasteiger charge is 2.19. The molecule has 142 valence electrons. The third kappa shape index (κ3) is 3.17. The number of carbonyl (C=O) groups is 1. The molecule has 0 aliphatic rings. The van der Waals surface area contributed by atoms with E-state index in [0.717, 1.165) is 29.1 Å². The van der Waals surface area contributed by atoms with E-state index in [9.17, 15) is 13.6 Å². The van der Waals surface area contributed by atoms with Crippen LogP contribution in [0.3, 0.4) is 0 Å². The van der Waals surface area contributed by atoms with Gasteiger partial charge in [-0.05, 0) is 43.3 Å². The highest BCUT2D eigenvalue weighted by Crippen LogP contribution is 2.29. The zero-order chi connectivity index (χ0) is 19.7. The molecule has 0 aliphatic heterocycles. The molecule has 0 spiro atoms. The standard InChI is InChI=1S/C22H17F2NO3/c1-2-27-22(26)21-17-5-3-4-6-19(17)25-12-16(8-10-20(21)25)28-13-14-11-15(23)7-9-18(14)24/h3-12H,2,13H2,1H3. The fourth-order valence-corrected chi connectivity index (χ4v) is 3.24. The Bertz CT molecular complexity index is 1180. The number of fused-ring (bicyclic) bond motifs is 3. The Morgan fingerprint density at radius 1 is 1.04 bits per heavy atom. The molecular formula is C22H17F2NO3. The van der Waals surface area contributed by atoms with Gasteiger partial charge in [-0.3, -0.25) is 0 Å². The van der Waals surface area contributed by atoms with Crippen LogP contribution in [0.1, 0.15) is 22.8 Å². The van der Waals surface area contributed by atoms with Crippen LogP contribution >= 0.6 is 0 Å². The minimum Gasteiger partial charge on any atom is -0.487 e. The number of para-hydroxylation sites is 1. The van der Waals surface area contributed by atoms with E-state index >= 15 is 0 Å². The van der Waals surface area contributed by atoms with Gasteiger partial charge >= 0.3 is 5.97 Å². The third-order valence-corrected chi connectivity index (χ3v) is 4.49. The average Bonchev–Trinajstić information content (AvgIpc) is 3.03. The summed E-state index contributed by atoms with van der Waals surface area (Å²) in [6.45, 7) is 1.93. The predicted molar refractivity (Wildman–Crippen MR) is 102 cm³/mol. The second-order valence-electron chi connectivity index (χ2n) is 6.26. The van der Waals surface area contributed by atoms with Gasteiger partial charge in [-0.1, -0.05) is 18.2 Å². The van der Waals surface area contributed by atoms with Crippen LogP contribution in [-0.4, -0.2) is 17.0 Å². The SMILES string of the molecule is CCOC(=O)c1c2ccccc2n2cc(OCc3cc(F)ccc3F)ccc12. The van der Waals surface area contributed by atoms with Crippen molar-refractivity contribution >= 4 is 22.4 Å². The second-order valence-corrected chi connectivity index (χ2v) is 6.26. The quantitative estimate of drug-likeness (QED) is 0.450. The van der Waals surface area contributed by atoms with Gasteiger partial charge in [-0.2, -0.15) is 0 Å². The molecule has 0 unspecified atom stereocenters. The van der Waals surface area contributed by atoms with Crippen molar-refractivity contribution < 1.29 is 23.0 Å². The number of carbonyl (C=O) groups excluding carboxylic acids is 1.